The van der Waals surface area contributed by atoms with Crippen molar-refractivity contribution in [3.63, 3.8) is 0 Å². The van der Waals surface area contributed by atoms with Crippen molar-refractivity contribution in [2.75, 3.05) is 5.73 Å². The van der Waals surface area contributed by atoms with Crippen LogP contribution in [-0.2, 0) is 0 Å². The summed E-state index contributed by atoms with van der Waals surface area (Å²) in [5.74, 6) is 0.605. The number of hydrogen-bond acceptors (Lipinski definition) is 3. The third-order valence-corrected chi connectivity index (χ3v) is 3.33. The Hall–Kier alpha value is -1.81. The molecule has 3 nitrogen and oxygen atoms in total. The number of nitrogens with zero attached hydrogens (tertiary/aromatic N) is 1. The number of nitrogen functional groups attached to an aromatic ring is 1. The molecular weight excluding hydrogens is 292 g/mol. The number of hydrogen-bond donors (Lipinski definition) is 1. The summed E-state index contributed by atoms with van der Waals surface area (Å²) in [7, 11) is 0. The van der Waals surface area contributed by atoms with Crippen LogP contribution in [0.15, 0.2) is 45.3 Å². The minimum absolute atomic E-state index is 0.605. The van der Waals surface area contributed by atoms with E-state index in [1.807, 2.05) is 43.3 Å². The number of nitrogens with two attached hydrogens (primary N) is 1. The van der Waals surface area contributed by atoms with Gasteiger partial charge in [-0.3, -0.25) is 0 Å². The summed E-state index contributed by atoms with van der Waals surface area (Å²) in [5, 5.41) is 0. The highest BCUT2D eigenvalue weighted by atomic mass is 79.9. The standard InChI is InChI=1S/C14H11BrN2O/c1-8-2-4-10(16)7-11(8)14-17-12-6-9(15)3-5-13(12)18-14/h2-7H,16H2,1H3. The zero-order valence-corrected chi connectivity index (χ0v) is 11.4. The first-order valence-electron chi connectivity index (χ1n) is 5.56. The van der Waals surface area contributed by atoms with Gasteiger partial charge in [0.25, 0.3) is 0 Å². The molecule has 2 aromatic carbocycles. The number of rotatable bonds is 1. The van der Waals surface area contributed by atoms with Gasteiger partial charge in [-0.1, -0.05) is 22.0 Å². The zero-order valence-electron chi connectivity index (χ0n) is 9.77. The van der Waals surface area contributed by atoms with Crippen molar-refractivity contribution in [3.8, 4) is 11.5 Å². The van der Waals surface area contributed by atoms with Crippen LogP contribution in [0, 0.1) is 6.92 Å². The first-order chi connectivity index (χ1) is 8.63. The third-order valence-electron chi connectivity index (χ3n) is 2.84. The normalized spacial score (nSPS) is 11.0. The van der Waals surface area contributed by atoms with Gasteiger partial charge in [0.05, 0.1) is 0 Å². The Morgan fingerprint density at radius 2 is 2.00 bits per heavy atom. The van der Waals surface area contributed by atoms with Gasteiger partial charge in [-0.2, -0.15) is 0 Å². The van der Waals surface area contributed by atoms with E-state index in [0.29, 0.717) is 11.6 Å². The first-order valence-corrected chi connectivity index (χ1v) is 6.35. The van der Waals surface area contributed by atoms with Crippen LogP contribution in [0.3, 0.4) is 0 Å². The fraction of sp³-hybridized carbons (Fsp3) is 0.0714. The molecule has 3 aromatic rings. The SMILES string of the molecule is Cc1ccc(N)cc1-c1nc2cc(Br)ccc2o1. The van der Waals surface area contributed by atoms with E-state index in [1.165, 1.54) is 0 Å². The van der Waals surface area contributed by atoms with Crippen molar-refractivity contribution in [2.45, 2.75) is 6.92 Å². The monoisotopic (exact) mass is 302 g/mol. The molecule has 3 rings (SSSR count). The molecule has 0 unspecified atom stereocenters. The number of fused-ring (bicyclic) bond motifs is 1. The maximum Gasteiger partial charge on any atom is 0.227 e. The van der Waals surface area contributed by atoms with Gasteiger partial charge in [-0.15, -0.1) is 0 Å². The molecule has 0 aliphatic rings. The lowest BCUT2D eigenvalue weighted by Gasteiger charge is -2.01. The van der Waals surface area contributed by atoms with Gasteiger partial charge in [-0.25, -0.2) is 4.98 Å². The molecule has 0 aliphatic heterocycles. The summed E-state index contributed by atoms with van der Waals surface area (Å²) >= 11 is 3.42. The molecule has 2 N–H and O–H groups in total. The molecule has 0 amide bonds. The Bertz CT molecular complexity index is 734. The van der Waals surface area contributed by atoms with Crippen LogP contribution in [0.25, 0.3) is 22.6 Å². The lowest BCUT2D eigenvalue weighted by atomic mass is 10.1. The van der Waals surface area contributed by atoms with Gasteiger partial charge in [-0.05, 0) is 42.8 Å². The second-order valence-electron chi connectivity index (χ2n) is 4.21. The van der Waals surface area contributed by atoms with Crippen molar-refractivity contribution < 1.29 is 4.42 Å². The number of aryl methyl sites for hydroxylation is 1. The number of benzene rings is 2. The molecule has 90 valence electrons. The highest BCUT2D eigenvalue weighted by Gasteiger charge is 2.11. The van der Waals surface area contributed by atoms with E-state index in [2.05, 4.69) is 20.9 Å². The van der Waals surface area contributed by atoms with Crippen LogP contribution >= 0.6 is 15.9 Å². The Balaban J connectivity index is 2.22. The summed E-state index contributed by atoms with van der Waals surface area (Å²) in [6.45, 7) is 2.01. The number of halogens is 1. The van der Waals surface area contributed by atoms with Gasteiger partial charge < -0.3 is 10.2 Å². The van der Waals surface area contributed by atoms with Gasteiger partial charge in [0, 0.05) is 15.7 Å². The second-order valence-corrected chi connectivity index (χ2v) is 5.12. The van der Waals surface area contributed by atoms with E-state index in [4.69, 9.17) is 10.2 Å². The number of oxazole rings is 1. The van der Waals surface area contributed by atoms with E-state index >= 15 is 0 Å². The van der Waals surface area contributed by atoms with Gasteiger partial charge in [0.15, 0.2) is 5.58 Å². The van der Waals surface area contributed by atoms with Crippen LogP contribution in [0.1, 0.15) is 5.56 Å². The average Bonchev–Trinajstić information content (AvgIpc) is 2.74. The predicted octanol–water partition coefficient (Wildman–Crippen LogP) is 4.15. The van der Waals surface area contributed by atoms with Crippen LogP contribution < -0.4 is 5.73 Å². The molecule has 0 saturated carbocycles. The van der Waals surface area contributed by atoms with Crippen LogP contribution in [0.5, 0.6) is 0 Å². The van der Waals surface area contributed by atoms with Crippen molar-refractivity contribution in [3.05, 3.63) is 46.4 Å². The van der Waals surface area contributed by atoms with E-state index in [0.717, 1.165) is 26.7 Å². The maximum atomic E-state index is 5.81. The van der Waals surface area contributed by atoms with Crippen molar-refractivity contribution in [1.82, 2.24) is 4.98 Å². The van der Waals surface area contributed by atoms with Crippen LogP contribution in [0.2, 0.25) is 0 Å². The minimum atomic E-state index is 0.605. The lowest BCUT2D eigenvalue weighted by Crippen LogP contribution is -1.88. The highest BCUT2D eigenvalue weighted by Crippen LogP contribution is 2.29. The smallest absolute Gasteiger partial charge is 0.227 e. The molecular formula is C14H11BrN2O. The average molecular weight is 303 g/mol. The molecule has 0 bridgehead atoms. The van der Waals surface area contributed by atoms with Gasteiger partial charge in [0.1, 0.15) is 5.52 Å². The topological polar surface area (TPSA) is 52.0 Å². The molecule has 1 heterocycles. The van der Waals surface area contributed by atoms with Crippen molar-refractivity contribution >= 4 is 32.7 Å². The minimum Gasteiger partial charge on any atom is -0.436 e. The molecule has 0 fully saturated rings. The van der Waals surface area contributed by atoms with E-state index in [9.17, 15) is 0 Å². The number of aromatic nitrogens is 1. The number of anilines is 1. The highest BCUT2D eigenvalue weighted by molar-refractivity contribution is 9.10. The van der Waals surface area contributed by atoms with E-state index in [1.54, 1.807) is 0 Å². The summed E-state index contributed by atoms with van der Waals surface area (Å²) in [6, 6.07) is 11.5. The summed E-state index contributed by atoms with van der Waals surface area (Å²) in [5.41, 5.74) is 10.1. The molecule has 0 radical (unpaired) electrons. The molecule has 0 saturated heterocycles. The lowest BCUT2D eigenvalue weighted by molar-refractivity contribution is 0.619. The first kappa shape index (κ1) is 11.3. The fourth-order valence-corrected chi connectivity index (χ4v) is 2.23. The zero-order chi connectivity index (χ0) is 12.7. The second kappa shape index (κ2) is 4.14. The molecule has 4 heteroatoms. The van der Waals surface area contributed by atoms with Gasteiger partial charge >= 0.3 is 0 Å². The van der Waals surface area contributed by atoms with Crippen molar-refractivity contribution in [2.24, 2.45) is 0 Å². The molecule has 0 spiro atoms. The summed E-state index contributed by atoms with van der Waals surface area (Å²) in [4.78, 5) is 4.49. The van der Waals surface area contributed by atoms with Crippen molar-refractivity contribution in [1.29, 1.82) is 0 Å². The third kappa shape index (κ3) is 1.88. The predicted molar refractivity (Wildman–Crippen MR) is 76.3 cm³/mol. The summed E-state index contributed by atoms with van der Waals surface area (Å²) in [6.07, 6.45) is 0. The Morgan fingerprint density at radius 1 is 1.17 bits per heavy atom. The molecule has 18 heavy (non-hydrogen) atoms. The largest absolute Gasteiger partial charge is 0.436 e. The maximum absolute atomic E-state index is 5.81. The fourth-order valence-electron chi connectivity index (χ4n) is 1.89. The Kier molecular flexibility index (Phi) is 2.59. The summed E-state index contributed by atoms with van der Waals surface area (Å²) < 4.78 is 6.74. The van der Waals surface area contributed by atoms with E-state index < -0.39 is 0 Å². The van der Waals surface area contributed by atoms with Crippen LogP contribution in [0.4, 0.5) is 5.69 Å². The molecule has 1 aromatic heterocycles. The Labute approximate surface area is 113 Å². The van der Waals surface area contributed by atoms with E-state index in [-0.39, 0.29) is 0 Å². The van der Waals surface area contributed by atoms with Crippen LogP contribution in [-0.4, -0.2) is 4.98 Å². The Morgan fingerprint density at radius 3 is 2.83 bits per heavy atom. The molecule has 0 atom stereocenters. The quantitative estimate of drug-likeness (QED) is 0.687. The molecule has 0 aliphatic carbocycles. The van der Waals surface area contributed by atoms with Gasteiger partial charge in [0.2, 0.25) is 5.89 Å².